The first-order valence-electron chi connectivity index (χ1n) is 6.42. The van der Waals surface area contributed by atoms with Gasteiger partial charge < -0.3 is 5.32 Å². The van der Waals surface area contributed by atoms with E-state index >= 15 is 0 Å². The first-order chi connectivity index (χ1) is 9.36. The lowest BCUT2D eigenvalue weighted by atomic mass is 10.1. The largest absolute Gasteiger partial charge is 0.385 e. The van der Waals surface area contributed by atoms with E-state index in [-0.39, 0.29) is 0 Å². The third-order valence-corrected chi connectivity index (χ3v) is 3.04. The lowest BCUT2D eigenvalue weighted by molar-refractivity contribution is 1.20. The minimum Gasteiger partial charge on any atom is -0.385 e. The van der Waals surface area contributed by atoms with Gasteiger partial charge in [0.1, 0.15) is 0 Å². The molecule has 0 aliphatic heterocycles. The molecule has 1 N–H and O–H groups in total. The summed E-state index contributed by atoms with van der Waals surface area (Å²) < 4.78 is 0. The van der Waals surface area contributed by atoms with Gasteiger partial charge in [-0.2, -0.15) is 0 Å². The van der Waals surface area contributed by atoms with Crippen LogP contribution in [0, 0.1) is 0 Å². The summed E-state index contributed by atoms with van der Waals surface area (Å²) in [5.74, 6) is 0. The first-order valence-corrected chi connectivity index (χ1v) is 6.42. The maximum atomic E-state index is 4.43. The Morgan fingerprint density at radius 2 is 1.95 bits per heavy atom. The molecule has 1 aromatic carbocycles. The molecule has 0 aliphatic carbocycles. The van der Waals surface area contributed by atoms with Gasteiger partial charge in [0.05, 0.1) is 11.2 Å². The number of rotatable bonds is 3. The predicted octanol–water partition coefficient (Wildman–Crippen LogP) is 3.73. The van der Waals surface area contributed by atoms with Crippen LogP contribution < -0.4 is 5.32 Å². The van der Waals surface area contributed by atoms with E-state index in [1.165, 1.54) is 0 Å². The molecule has 3 rings (SSSR count). The fourth-order valence-electron chi connectivity index (χ4n) is 2.13. The standard InChI is InChI=1S/C16H15N3/c1-2-17-14-7-9-19-16(11-14)13-6-5-12-4-3-8-18-15(12)10-13/h3-11H,2H2,1H3,(H,17,19). The van der Waals surface area contributed by atoms with Crippen LogP contribution in [0.4, 0.5) is 5.69 Å². The molecular formula is C16H15N3. The molecule has 3 heteroatoms. The summed E-state index contributed by atoms with van der Waals surface area (Å²) >= 11 is 0. The summed E-state index contributed by atoms with van der Waals surface area (Å²) in [6.07, 6.45) is 3.64. The molecule has 0 spiro atoms. The Morgan fingerprint density at radius 3 is 2.84 bits per heavy atom. The van der Waals surface area contributed by atoms with Crippen molar-refractivity contribution in [2.24, 2.45) is 0 Å². The maximum Gasteiger partial charge on any atom is 0.0723 e. The van der Waals surface area contributed by atoms with E-state index in [0.29, 0.717) is 0 Å². The number of aromatic nitrogens is 2. The van der Waals surface area contributed by atoms with Gasteiger partial charge >= 0.3 is 0 Å². The van der Waals surface area contributed by atoms with Crippen molar-refractivity contribution in [3.63, 3.8) is 0 Å². The molecule has 2 heterocycles. The fourth-order valence-corrected chi connectivity index (χ4v) is 2.13. The van der Waals surface area contributed by atoms with Crippen LogP contribution in [-0.2, 0) is 0 Å². The zero-order valence-electron chi connectivity index (χ0n) is 10.8. The lowest BCUT2D eigenvalue weighted by Gasteiger charge is -2.06. The molecule has 0 amide bonds. The number of fused-ring (bicyclic) bond motifs is 1. The van der Waals surface area contributed by atoms with Gasteiger partial charge in [0.15, 0.2) is 0 Å². The van der Waals surface area contributed by atoms with Gasteiger partial charge in [-0.15, -0.1) is 0 Å². The van der Waals surface area contributed by atoms with E-state index in [4.69, 9.17) is 0 Å². The van der Waals surface area contributed by atoms with Gasteiger partial charge in [0.25, 0.3) is 0 Å². The molecule has 0 aliphatic rings. The maximum absolute atomic E-state index is 4.43. The van der Waals surface area contributed by atoms with E-state index < -0.39 is 0 Å². The molecule has 0 unspecified atom stereocenters. The van der Waals surface area contributed by atoms with Crippen molar-refractivity contribution in [1.29, 1.82) is 0 Å². The van der Waals surface area contributed by atoms with E-state index in [0.717, 1.165) is 34.4 Å². The van der Waals surface area contributed by atoms with Crippen LogP contribution in [0.1, 0.15) is 6.92 Å². The topological polar surface area (TPSA) is 37.8 Å². The Kier molecular flexibility index (Phi) is 3.11. The van der Waals surface area contributed by atoms with Crippen molar-refractivity contribution in [3.8, 4) is 11.3 Å². The summed E-state index contributed by atoms with van der Waals surface area (Å²) in [7, 11) is 0. The van der Waals surface area contributed by atoms with E-state index in [2.05, 4.69) is 52.5 Å². The van der Waals surface area contributed by atoms with Crippen LogP contribution in [0.25, 0.3) is 22.2 Å². The molecule has 19 heavy (non-hydrogen) atoms. The SMILES string of the molecule is CCNc1ccnc(-c2ccc3cccnc3c2)c1. The summed E-state index contributed by atoms with van der Waals surface area (Å²) in [6, 6.07) is 14.3. The molecule has 0 atom stereocenters. The normalized spacial score (nSPS) is 10.6. The van der Waals surface area contributed by atoms with Crippen molar-refractivity contribution in [3.05, 3.63) is 54.9 Å². The highest BCUT2D eigenvalue weighted by Crippen LogP contribution is 2.23. The van der Waals surface area contributed by atoms with Crippen molar-refractivity contribution >= 4 is 16.6 Å². The molecule has 3 aromatic rings. The smallest absolute Gasteiger partial charge is 0.0723 e. The van der Waals surface area contributed by atoms with Crippen molar-refractivity contribution in [1.82, 2.24) is 9.97 Å². The molecular weight excluding hydrogens is 234 g/mol. The highest BCUT2D eigenvalue weighted by atomic mass is 14.9. The van der Waals surface area contributed by atoms with Crippen molar-refractivity contribution in [2.75, 3.05) is 11.9 Å². The number of pyridine rings is 2. The minimum absolute atomic E-state index is 0.905. The Labute approximate surface area is 112 Å². The summed E-state index contributed by atoms with van der Waals surface area (Å²) in [4.78, 5) is 8.81. The van der Waals surface area contributed by atoms with Crippen LogP contribution in [-0.4, -0.2) is 16.5 Å². The zero-order chi connectivity index (χ0) is 13.1. The van der Waals surface area contributed by atoms with Gasteiger partial charge in [-0.3, -0.25) is 9.97 Å². The molecule has 0 radical (unpaired) electrons. The van der Waals surface area contributed by atoms with Gasteiger partial charge in [-0.05, 0) is 31.2 Å². The molecule has 3 nitrogen and oxygen atoms in total. The number of nitrogens with zero attached hydrogens (tertiary/aromatic N) is 2. The van der Waals surface area contributed by atoms with E-state index in [1.807, 2.05) is 24.5 Å². The second-order valence-electron chi connectivity index (χ2n) is 4.37. The van der Waals surface area contributed by atoms with Crippen LogP contribution in [0.2, 0.25) is 0 Å². The highest BCUT2D eigenvalue weighted by molar-refractivity contribution is 5.83. The molecule has 2 aromatic heterocycles. The lowest BCUT2D eigenvalue weighted by Crippen LogP contribution is -1.97. The van der Waals surface area contributed by atoms with Crippen LogP contribution in [0.3, 0.4) is 0 Å². The number of hydrogen-bond donors (Lipinski definition) is 1. The van der Waals surface area contributed by atoms with E-state index in [1.54, 1.807) is 0 Å². The minimum atomic E-state index is 0.905. The number of benzene rings is 1. The number of hydrogen-bond acceptors (Lipinski definition) is 3. The summed E-state index contributed by atoms with van der Waals surface area (Å²) in [5, 5.41) is 4.45. The monoisotopic (exact) mass is 249 g/mol. The Morgan fingerprint density at radius 1 is 1.00 bits per heavy atom. The third-order valence-electron chi connectivity index (χ3n) is 3.04. The molecule has 0 saturated heterocycles. The molecule has 0 bridgehead atoms. The van der Waals surface area contributed by atoms with Crippen LogP contribution in [0.15, 0.2) is 54.9 Å². The predicted molar refractivity (Wildman–Crippen MR) is 79.1 cm³/mol. The average Bonchev–Trinajstić information content (AvgIpc) is 2.47. The fraction of sp³-hybridized carbons (Fsp3) is 0.125. The summed E-state index contributed by atoms with van der Waals surface area (Å²) in [5.41, 5.74) is 4.14. The Hall–Kier alpha value is -2.42. The highest BCUT2D eigenvalue weighted by Gasteiger charge is 2.02. The average molecular weight is 249 g/mol. The van der Waals surface area contributed by atoms with Gasteiger partial charge in [-0.25, -0.2) is 0 Å². The molecule has 0 saturated carbocycles. The van der Waals surface area contributed by atoms with Crippen LogP contribution >= 0.6 is 0 Å². The zero-order valence-corrected chi connectivity index (χ0v) is 10.8. The number of nitrogens with one attached hydrogen (secondary N) is 1. The summed E-state index contributed by atoms with van der Waals surface area (Å²) in [6.45, 7) is 2.99. The Balaban J connectivity index is 2.05. The second kappa shape index (κ2) is 5.06. The van der Waals surface area contributed by atoms with Crippen LogP contribution in [0.5, 0.6) is 0 Å². The van der Waals surface area contributed by atoms with Gasteiger partial charge in [-0.1, -0.05) is 18.2 Å². The van der Waals surface area contributed by atoms with Gasteiger partial charge in [0, 0.05) is 35.6 Å². The van der Waals surface area contributed by atoms with Crippen molar-refractivity contribution < 1.29 is 0 Å². The van der Waals surface area contributed by atoms with Gasteiger partial charge in [0.2, 0.25) is 0 Å². The van der Waals surface area contributed by atoms with E-state index in [9.17, 15) is 0 Å². The Bertz CT molecular complexity index is 707. The molecule has 94 valence electrons. The third kappa shape index (κ3) is 2.40. The second-order valence-corrected chi connectivity index (χ2v) is 4.37. The molecule has 0 fully saturated rings. The van der Waals surface area contributed by atoms with Crippen molar-refractivity contribution in [2.45, 2.75) is 6.92 Å². The number of anilines is 1. The quantitative estimate of drug-likeness (QED) is 0.768. The first kappa shape index (κ1) is 11.7.